The molecule has 0 saturated heterocycles. The minimum absolute atomic E-state index is 0.00993. The summed E-state index contributed by atoms with van der Waals surface area (Å²) in [7, 11) is 2.43. The van der Waals surface area contributed by atoms with E-state index >= 15 is 0 Å². The first-order chi connectivity index (χ1) is 12.3. The summed E-state index contributed by atoms with van der Waals surface area (Å²) in [6.45, 7) is 1.60. The zero-order chi connectivity index (χ0) is 19.4. The van der Waals surface area contributed by atoms with Gasteiger partial charge in [0.2, 0.25) is 0 Å². The monoisotopic (exact) mass is 392 g/mol. The third kappa shape index (κ3) is 3.79. The first-order valence-corrected chi connectivity index (χ1v) is 8.13. The van der Waals surface area contributed by atoms with Gasteiger partial charge in [0.15, 0.2) is 0 Å². The second kappa shape index (κ2) is 8.17. The number of hydrogen-bond acceptors (Lipinski definition) is 6. The van der Waals surface area contributed by atoms with Crippen LogP contribution in [0, 0.1) is 18.3 Å². The second-order valence-electron chi connectivity index (χ2n) is 5.25. The van der Waals surface area contributed by atoms with Crippen LogP contribution < -0.4 is 0 Å². The summed E-state index contributed by atoms with van der Waals surface area (Å²) >= 11 is 12.2. The van der Waals surface area contributed by atoms with Crippen LogP contribution in [0.1, 0.15) is 27.3 Å². The third-order valence-electron chi connectivity index (χ3n) is 3.69. The highest BCUT2D eigenvalue weighted by Crippen LogP contribution is 2.37. The predicted octanol–water partition coefficient (Wildman–Crippen LogP) is 3.74. The summed E-state index contributed by atoms with van der Waals surface area (Å²) in [6, 6.07) is 6.71. The molecule has 0 saturated carbocycles. The van der Waals surface area contributed by atoms with Crippen LogP contribution in [0.2, 0.25) is 10.0 Å². The van der Waals surface area contributed by atoms with Gasteiger partial charge in [-0.15, -0.1) is 0 Å². The van der Waals surface area contributed by atoms with Crippen molar-refractivity contribution in [3.05, 3.63) is 50.8 Å². The maximum Gasteiger partial charge on any atom is 0.340 e. The van der Waals surface area contributed by atoms with Crippen LogP contribution >= 0.6 is 23.2 Å². The number of nitrogens with zero attached hydrogens (tertiary/aromatic N) is 2. The van der Waals surface area contributed by atoms with Gasteiger partial charge in [-0.3, -0.25) is 9.78 Å². The van der Waals surface area contributed by atoms with E-state index in [2.05, 4.69) is 9.72 Å². The molecule has 1 aromatic carbocycles. The van der Waals surface area contributed by atoms with Gasteiger partial charge in [0.1, 0.15) is 6.07 Å². The number of halogens is 2. The number of carbonyl (C=O) groups is 2. The first kappa shape index (κ1) is 19.7. The molecular weight excluding hydrogens is 379 g/mol. The molecule has 0 aliphatic carbocycles. The molecule has 2 rings (SSSR count). The Balaban J connectivity index is 2.92. The molecule has 2 aromatic rings. The van der Waals surface area contributed by atoms with Crippen molar-refractivity contribution in [1.82, 2.24) is 4.98 Å². The Morgan fingerprint density at radius 3 is 2.46 bits per heavy atom. The molecule has 134 valence electrons. The first-order valence-electron chi connectivity index (χ1n) is 7.38. The fourth-order valence-electron chi connectivity index (χ4n) is 2.52. The van der Waals surface area contributed by atoms with Crippen molar-refractivity contribution in [2.45, 2.75) is 13.3 Å². The lowest BCUT2D eigenvalue weighted by Crippen LogP contribution is -2.17. The number of aromatic nitrogens is 1. The molecule has 0 unspecified atom stereocenters. The maximum absolute atomic E-state index is 12.5. The van der Waals surface area contributed by atoms with E-state index in [9.17, 15) is 14.9 Å². The Kier molecular flexibility index (Phi) is 6.19. The van der Waals surface area contributed by atoms with Crippen LogP contribution in [0.15, 0.2) is 18.2 Å². The standard InChI is InChI=1S/C18H14Cl2N2O4/c1-9-12(8-21)16(11-5-4-10(19)6-13(11)20)17(18(24)26-3)14(22-9)7-15(23)25-2/h4-6H,7H2,1-3H3. The smallest absolute Gasteiger partial charge is 0.340 e. The van der Waals surface area contributed by atoms with Crippen LogP contribution in [0.4, 0.5) is 0 Å². The largest absolute Gasteiger partial charge is 0.469 e. The molecule has 1 heterocycles. The van der Waals surface area contributed by atoms with E-state index in [0.29, 0.717) is 16.3 Å². The summed E-state index contributed by atoms with van der Waals surface area (Å²) in [4.78, 5) is 28.5. The molecule has 8 heteroatoms. The van der Waals surface area contributed by atoms with Crippen molar-refractivity contribution in [1.29, 1.82) is 5.26 Å². The molecule has 0 amide bonds. The fraction of sp³-hybridized carbons (Fsp3) is 0.222. The number of carbonyl (C=O) groups excluding carboxylic acids is 2. The van der Waals surface area contributed by atoms with Gasteiger partial charge >= 0.3 is 11.9 Å². The molecule has 0 fully saturated rings. The summed E-state index contributed by atoms with van der Waals surface area (Å²) < 4.78 is 9.51. The second-order valence-corrected chi connectivity index (χ2v) is 6.09. The number of methoxy groups -OCH3 is 2. The summed E-state index contributed by atoms with van der Waals surface area (Å²) in [6.07, 6.45) is -0.258. The van der Waals surface area contributed by atoms with Crippen molar-refractivity contribution in [3.8, 4) is 17.2 Å². The molecule has 0 atom stereocenters. The number of benzene rings is 1. The van der Waals surface area contributed by atoms with Gasteiger partial charge in [0.25, 0.3) is 0 Å². The van der Waals surface area contributed by atoms with Crippen LogP contribution in [0.3, 0.4) is 0 Å². The van der Waals surface area contributed by atoms with E-state index in [4.69, 9.17) is 27.9 Å². The number of ether oxygens (including phenoxy) is 2. The molecular formula is C18H14Cl2N2O4. The number of hydrogen-bond donors (Lipinski definition) is 0. The lowest BCUT2D eigenvalue weighted by Gasteiger charge is -2.17. The molecule has 6 nitrogen and oxygen atoms in total. The van der Waals surface area contributed by atoms with Gasteiger partial charge in [0, 0.05) is 21.2 Å². The number of aryl methyl sites for hydroxylation is 1. The van der Waals surface area contributed by atoms with Gasteiger partial charge in [-0.05, 0) is 19.1 Å². The van der Waals surface area contributed by atoms with E-state index in [1.54, 1.807) is 19.1 Å². The van der Waals surface area contributed by atoms with E-state index in [-0.39, 0.29) is 33.8 Å². The van der Waals surface area contributed by atoms with Crippen LogP contribution in [-0.4, -0.2) is 31.1 Å². The van der Waals surface area contributed by atoms with Gasteiger partial charge in [-0.25, -0.2) is 4.79 Å². The Morgan fingerprint density at radius 1 is 1.23 bits per heavy atom. The van der Waals surface area contributed by atoms with Gasteiger partial charge < -0.3 is 9.47 Å². The average Bonchev–Trinajstić information content (AvgIpc) is 2.60. The highest BCUT2D eigenvalue weighted by molar-refractivity contribution is 6.36. The predicted molar refractivity (Wildman–Crippen MR) is 96.2 cm³/mol. The van der Waals surface area contributed by atoms with E-state index in [0.717, 1.165) is 0 Å². The topological polar surface area (TPSA) is 89.3 Å². The lowest BCUT2D eigenvalue weighted by atomic mass is 9.92. The minimum atomic E-state index is -0.742. The molecule has 0 bridgehead atoms. The fourth-order valence-corrected chi connectivity index (χ4v) is 3.02. The zero-order valence-corrected chi connectivity index (χ0v) is 15.7. The Hall–Kier alpha value is -2.62. The molecule has 1 aromatic heterocycles. The van der Waals surface area contributed by atoms with Crippen molar-refractivity contribution in [2.24, 2.45) is 0 Å². The molecule has 0 aliphatic rings. The van der Waals surface area contributed by atoms with Crippen molar-refractivity contribution in [3.63, 3.8) is 0 Å². The molecule has 0 radical (unpaired) electrons. The van der Waals surface area contributed by atoms with E-state index in [1.807, 2.05) is 6.07 Å². The Morgan fingerprint density at radius 2 is 1.92 bits per heavy atom. The Bertz CT molecular complexity index is 936. The minimum Gasteiger partial charge on any atom is -0.469 e. The van der Waals surface area contributed by atoms with E-state index < -0.39 is 11.9 Å². The van der Waals surface area contributed by atoms with Crippen LogP contribution in [0.25, 0.3) is 11.1 Å². The number of nitriles is 1. The SMILES string of the molecule is COC(=O)Cc1nc(C)c(C#N)c(-c2ccc(Cl)cc2Cl)c1C(=O)OC. The summed E-state index contributed by atoms with van der Waals surface area (Å²) in [5, 5.41) is 10.2. The number of rotatable bonds is 4. The van der Waals surface area contributed by atoms with Crippen LogP contribution in [0.5, 0.6) is 0 Å². The lowest BCUT2D eigenvalue weighted by molar-refractivity contribution is -0.139. The number of pyridine rings is 1. The van der Waals surface area contributed by atoms with Crippen molar-refractivity contribution < 1.29 is 19.1 Å². The quantitative estimate of drug-likeness (QED) is 0.736. The maximum atomic E-state index is 12.5. The Labute approximate surface area is 160 Å². The van der Waals surface area contributed by atoms with Gasteiger partial charge in [0.05, 0.1) is 43.2 Å². The van der Waals surface area contributed by atoms with Gasteiger partial charge in [-0.1, -0.05) is 29.3 Å². The highest BCUT2D eigenvalue weighted by atomic mass is 35.5. The molecule has 0 aliphatic heterocycles. The van der Waals surface area contributed by atoms with Crippen LogP contribution in [-0.2, 0) is 20.7 Å². The summed E-state index contributed by atoms with van der Waals surface area (Å²) in [5.74, 6) is -1.33. The zero-order valence-electron chi connectivity index (χ0n) is 14.2. The molecule has 0 N–H and O–H groups in total. The third-order valence-corrected chi connectivity index (χ3v) is 4.24. The van der Waals surface area contributed by atoms with Gasteiger partial charge in [-0.2, -0.15) is 5.26 Å². The average molecular weight is 393 g/mol. The normalized spacial score (nSPS) is 10.2. The highest BCUT2D eigenvalue weighted by Gasteiger charge is 2.27. The van der Waals surface area contributed by atoms with Crippen molar-refractivity contribution >= 4 is 35.1 Å². The molecule has 26 heavy (non-hydrogen) atoms. The summed E-state index contributed by atoms with van der Waals surface area (Å²) in [5.41, 5.74) is 1.28. The van der Waals surface area contributed by atoms with E-state index in [1.165, 1.54) is 20.3 Å². The number of esters is 2. The molecule has 0 spiro atoms. The van der Waals surface area contributed by atoms with Crippen molar-refractivity contribution in [2.75, 3.05) is 14.2 Å².